The largest absolute Gasteiger partial charge is 0.494 e. The van der Waals surface area contributed by atoms with E-state index in [0.29, 0.717) is 19.1 Å². The Morgan fingerprint density at radius 1 is 1.21 bits per heavy atom. The molecule has 0 heterocycles. The summed E-state index contributed by atoms with van der Waals surface area (Å²) in [5.74, 6) is 1.44. The fourth-order valence-corrected chi connectivity index (χ4v) is 2.18. The van der Waals surface area contributed by atoms with Crippen LogP contribution >= 0.6 is 0 Å². The van der Waals surface area contributed by atoms with Crippen molar-refractivity contribution < 1.29 is 9.84 Å². The van der Waals surface area contributed by atoms with Crippen molar-refractivity contribution in [3.63, 3.8) is 0 Å². The maximum atomic E-state index is 9.89. The van der Waals surface area contributed by atoms with E-state index in [1.807, 2.05) is 25.1 Å². The third kappa shape index (κ3) is 5.62. The molecule has 2 N–H and O–H groups in total. The van der Waals surface area contributed by atoms with Crippen molar-refractivity contribution in [3.05, 3.63) is 29.8 Å². The van der Waals surface area contributed by atoms with E-state index in [1.165, 1.54) is 0 Å². The normalized spacial score (nSPS) is 14.4. The van der Waals surface area contributed by atoms with Crippen molar-refractivity contribution in [2.45, 2.75) is 46.3 Å². The zero-order valence-corrected chi connectivity index (χ0v) is 12.5. The highest BCUT2D eigenvalue weighted by atomic mass is 16.5. The third-order valence-electron chi connectivity index (χ3n) is 3.09. The van der Waals surface area contributed by atoms with Gasteiger partial charge in [0.15, 0.2) is 0 Å². The Kier molecular flexibility index (Phi) is 6.89. The molecule has 1 rings (SSSR count). The van der Waals surface area contributed by atoms with Gasteiger partial charge in [0.1, 0.15) is 5.75 Å². The highest BCUT2D eigenvalue weighted by molar-refractivity contribution is 5.35. The van der Waals surface area contributed by atoms with Gasteiger partial charge in [0.25, 0.3) is 0 Å². The topological polar surface area (TPSA) is 41.5 Å². The van der Waals surface area contributed by atoms with E-state index < -0.39 is 0 Å². The molecule has 0 radical (unpaired) electrons. The van der Waals surface area contributed by atoms with Crippen LogP contribution in [0.25, 0.3) is 0 Å². The Morgan fingerprint density at radius 2 is 1.89 bits per heavy atom. The number of ether oxygens (including phenoxy) is 1. The molecular weight excluding hydrogens is 238 g/mol. The molecule has 2 atom stereocenters. The predicted octanol–water partition coefficient (Wildman–Crippen LogP) is 3.14. The summed E-state index contributed by atoms with van der Waals surface area (Å²) in [6, 6.07) is 8.22. The number of nitrogens with one attached hydrogen (secondary N) is 1. The first kappa shape index (κ1) is 16.0. The van der Waals surface area contributed by atoms with Gasteiger partial charge in [0, 0.05) is 18.2 Å². The molecule has 0 amide bonds. The molecule has 0 saturated heterocycles. The first-order chi connectivity index (χ1) is 9.04. The van der Waals surface area contributed by atoms with Crippen LogP contribution in [0.15, 0.2) is 24.3 Å². The summed E-state index contributed by atoms with van der Waals surface area (Å²) in [6.07, 6.45) is 0.536. The Labute approximate surface area is 117 Å². The summed E-state index contributed by atoms with van der Waals surface area (Å²) in [6.45, 7) is 9.61. The molecular formula is C16H27NO2. The number of aliphatic hydroxyl groups is 1. The minimum absolute atomic E-state index is 0.171. The monoisotopic (exact) mass is 265 g/mol. The van der Waals surface area contributed by atoms with Crippen molar-refractivity contribution in [1.82, 2.24) is 5.32 Å². The quantitative estimate of drug-likeness (QED) is 0.758. The molecule has 3 nitrogen and oxygen atoms in total. The molecule has 0 aliphatic rings. The lowest BCUT2D eigenvalue weighted by Gasteiger charge is -2.20. The fourth-order valence-electron chi connectivity index (χ4n) is 2.18. The molecule has 1 aromatic rings. The SMILES string of the molecule is CCOc1ccccc1C(C)NCC(O)CC(C)C. The molecule has 0 aliphatic carbocycles. The molecule has 0 bridgehead atoms. The number of hydrogen-bond donors (Lipinski definition) is 2. The Hall–Kier alpha value is -1.06. The number of para-hydroxylation sites is 1. The lowest BCUT2D eigenvalue weighted by molar-refractivity contribution is 0.143. The highest BCUT2D eigenvalue weighted by Crippen LogP contribution is 2.24. The van der Waals surface area contributed by atoms with Crippen molar-refractivity contribution in [3.8, 4) is 5.75 Å². The Bertz CT molecular complexity index is 366. The summed E-state index contributed by atoms with van der Waals surface area (Å²) >= 11 is 0. The van der Waals surface area contributed by atoms with Gasteiger partial charge in [-0.1, -0.05) is 32.0 Å². The minimum atomic E-state index is -0.290. The summed E-state index contributed by atoms with van der Waals surface area (Å²) < 4.78 is 5.63. The van der Waals surface area contributed by atoms with Crippen LogP contribution in [-0.2, 0) is 0 Å². The average Bonchev–Trinajstić information content (AvgIpc) is 2.36. The van der Waals surface area contributed by atoms with Crippen LogP contribution in [0, 0.1) is 5.92 Å². The zero-order valence-electron chi connectivity index (χ0n) is 12.5. The second-order valence-electron chi connectivity index (χ2n) is 5.38. The van der Waals surface area contributed by atoms with Crippen molar-refractivity contribution in [2.75, 3.05) is 13.2 Å². The standard InChI is InChI=1S/C16H27NO2/c1-5-19-16-9-7-6-8-15(16)13(4)17-11-14(18)10-12(2)3/h6-9,12-14,17-18H,5,10-11H2,1-4H3. The molecule has 0 aromatic heterocycles. The van der Waals surface area contributed by atoms with Gasteiger partial charge in [-0.15, -0.1) is 0 Å². The Balaban J connectivity index is 2.55. The number of aliphatic hydroxyl groups excluding tert-OH is 1. The van der Waals surface area contributed by atoms with Gasteiger partial charge in [-0.25, -0.2) is 0 Å². The number of rotatable bonds is 8. The van der Waals surface area contributed by atoms with Gasteiger partial charge in [-0.3, -0.25) is 0 Å². The molecule has 1 aromatic carbocycles. The maximum absolute atomic E-state index is 9.89. The number of hydrogen-bond acceptors (Lipinski definition) is 3. The molecule has 0 saturated carbocycles. The van der Waals surface area contributed by atoms with Gasteiger partial charge in [0.2, 0.25) is 0 Å². The van der Waals surface area contributed by atoms with Crippen molar-refractivity contribution >= 4 is 0 Å². The van der Waals surface area contributed by atoms with Crippen LogP contribution in [0.4, 0.5) is 0 Å². The van der Waals surface area contributed by atoms with Gasteiger partial charge >= 0.3 is 0 Å². The van der Waals surface area contributed by atoms with E-state index >= 15 is 0 Å². The maximum Gasteiger partial charge on any atom is 0.124 e. The van der Waals surface area contributed by atoms with Crippen LogP contribution < -0.4 is 10.1 Å². The average molecular weight is 265 g/mol. The van der Waals surface area contributed by atoms with Crippen LogP contribution in [0.3, 0.4) is 0 Å². The first-order valence-electron chi connectivity index (χ1n) is 7.17. The summed E-state index contributed by atoms with van der Waals surface area (Å²) in [4.78, 5) is 0. The molecule has 108 valence electrons. The highest BCUT2D eigenvalue weighted by Gasteiger charge is 2.13. The van der Waals surface area contributed by atoms with Gasteiger partial charge < -0.3 is 15.2 Å². The molecule has 0 spiro atoms. The molecule has 0 aliphatic heterocycles. The number of benzene rings is 1. The molecule has 2 unspecified atom stereocenters. The third-order valence-corrected chi connectivity index (χ3v) is 3.09. The molecule has 0 fully saturated rings. The van der Waals surface area contributed by atoms with Crippen LogP contribution in [0.1, 0.15) is 45.7 Å². The summed E-state index contributed by atoms with van der Waals surface area (Å²) in [7, 11) is 0. The lowest BCUT2D eigenvalue weighted by atomic mass is 10.0. The second kappa shape index (κ2) is 8.18. The van der Waals surface area contributed by atoms with Crippen LogP contribution in [0.5, 0.6) is 5.75 Å². The van der Waals surface area contributed by atoms with E-state index in [2.05, 4.69) is 32.2 Å². The van der Waals surface area contributed by atoms with Crippen LogP contribution in [-0.4, -0.2) is 24.4 Å². The second-order valence-corrected chi connectivity index (χ2v) is 5.38. The first-order valence-corrected chi connectivity index (χ1v) is 7.17. The fraction of sp³-hybridized carbons (Fsp3) is 0.625. The van der Waals surface area contributed by atoms with E-state index in [-0.39, 0.29) is 12.1 Å². The van der Waals surface area contributed by atoms with Gasteiger partial charge in [-0.05, 0) is 32.3 Å². The lowest BCUT2D eigenvalue weighted by Crippen LogP contribution is -2.30. The smallest absolute Gasteiger partial charge is 0.124 e. The zero-order chi connectivity index (χ0) is 14.3. The van der Waals surface area contributed by atoms with Gasteiger partial charge in [0.05, 0.1) is 12.7 Å². The predicted molar refractivity (Wildman–Crippen MR) is 79.5 cm³/mol. The van der Waals surface area contributed by atoms with E-state index in [1.54, 1.807) is 0 Å². The van der Waals surface area contributed by atoms with Gasteiger partial charge in [-0.2, -0.15) is 0 Å². The minimum Gasteiger partial charge on any atom is -0.494 e. The molecule has 3 heteroatoms. The van der Waals surface area contributed by atoms with Crippen molar-refractivity contribution in [1.29, 1.82) is 0 Å². The van der Waals surface area contributed by atoms with E-state index in [4.69, 9.17) is 4.74 Å². The Morgan fingerprint density at radius 3 is 2.53 bits per heavy atom. The molecule has 19 heavy (non-hydrogen) atoms. The summed E-state index contributed by atoms with van der Waals surface area (Å²) in [5, 5.41) is 13.3. The van der Waals surface area contributed by atoms with Crippen molar-refractivity contribution in [2.24, 2.45) is 5.92 Å². The van der Waals surface area contributed by atoms with E-state index in [0.717, 1.165) is 17.7 Å². The summed E-state index contributed by atoms with van der Waals surface area (Å²) in [5.41, 5.74) is 1.14. The van der Waals surface area contributed by atoms with E-state index in [9.17, 15) is 5.11 Å². The van der Waals surface area contributed by atoms with Crippen LogP contribution in [0.2, 0.25) is 0 Å².